The third-order valence-corrected chi connectivity index (χ3v) is 5.65. The third kappa shape index (κ3) is 6.49. The molecule has 1 heterocycles. The van der Waals surface area contributed by atoms with E-state index in [9.17, 15) is 18.0 Å². The van der Waals surface area contributed by atoms with Gasteiger partial charge in [0.1, 0.15) is 0 Å². The summed E-state index contributed by atoms with van der Waals surface area (Å²) in [4.78, 5) is 13.0. The van der Waals surface area contributed by atoms with Gasteiger partial charge in [0.15, 0.2) is 0 Å². The van der Waals surface area contributed by atoms with E-state index in [-0.39, 0.29) is 22.6 Å². The third-order valence-electron chi connectivity index (χ3n) is 4.59. The fourth-order valence-corrected chi connectivity index (χ4v) is 3.65. The average Bonchev–Trinajstić information content (AvgIpc) is 3.33. The predicted octanol–water partition coefficient (Wildman–Crippen LogP) is 6.57. The first kappa shape index (κ1) is 24.5. The number of amides is 1. The van der Waals surface area contributed by atoms with Gasteiger partial charge in [-0.2, -0.15) is 18.3 Å². The van der Waals surface area contributed by atoms with Crippen LogP contribution in [0, 0.1) is 0 Å². The quantitative estimate of drug-likeness (QED) is 0.158. The van der Waals surface area contributed by atoms with E-state index in [0.29, 0.717) is 16.1 Å². The highest BCUT2D eigenvalue weighted by Crippen LogP contribution is 2.32. The summed E-state index contributed by atoms with van der Waals surface area (Å²) < 4.78 is 45.3. The molecule has 1 amide bonds. The Labute approximate surface area is 207 Å². The Bertz CT molecular complexity index is 1330. The Morgan fingerprint density at radius 3 is 2.49 bits per heavy atom. The second-order valence-electron chi connectivity index (χ2n) is 7.08. The molecule has 0 fully saturated rings. The molecule has 4 rings (SSSR count). The SMILES string of the molecule is O=C(CSc1nnc(-c2ccc(Cl)cc2)o1)N(/N=C/c1ccccc1)c1cccc(C(F)(F)F)c1. The van der Waals surface area contributed by atoms with Gasteiger partial charge in [0.05, 0.1) is 23.2 Å². The van der Waals surface area contributed by atoms with Crippen molar-refractivity contribution in [2.75, 3.05) is 10.8 Å². The molecule has 0 saturated heterocycles. The van der Waals surface area contributed by atoms with Gasteiger partial charge in [-0.25, -0.2) is 5.01 Å². The number of rotatable bonds is 7. The summed E-state index contributed by atoms with van der Waals surface area (Å²) in [6.45, 7) is 0. The van der Waals surface area contributed by atoms with Crippen LogP contribution in [0.4, 0.5) is 18.9 Å². The number of halogens is 4. The van der Waals surface area contributed by atoms with E-state index >= 15 is 0 Å². The van der Waals surface area contributed by atoms with Gasteiger partial charge in [0, 0.05) is 10.6 Å². The van der Waals surface area contributed by atoms with Gasteiger partial charge in [0.2, 0.25) is 5.89 Å². The average molecular weight is 517 g/mol. The first-order chi connectivity index (χ1) is 16.8. The van der Waals surface area contributed by atoms with E-state index in [1.54, 1.807) is 48.5 Å². The van der Waals surface area contributed by atoms with Crippen molar-refractivity contribution < 1.29 is 22.4 Å². The molecular formula is C24H16ClF3N4O2S. The lowest BCUT2D eigenvalue weighted by atomic mass is 10.2. The zero-order chi connectivity index (χ0) is 24.8. The highest BCUT2D eigenvalue weighted by atomic mass is 35.5. The fourth-order valence-electron chi connectivity index (χ4n) is 2.91. The minimum absolute atomic E-state index is 0.0232. The number of hydrazone groups is 1. The Hall–Kier alpha value is -3.63. The molecule has 0 atom stereocenters. The summed E-state index contributed by atoms with van der Waals surface area (Å²) in [5, 5.41) is 13.6. The number of anilines is 1. The van der Waals surface area contributed by atoms with Crippen LogP contribution in [0.1, 0.15) is 11.1 Å². The molecule has 0 aliphatic heterocycles. The van der Waals surface area contributed by atoms with Crippen LogP contribution in [0.25, 0.3) is 11.5 Å². The van der Waals surface area contributed by atoms with E-state index in [0.717, 1.165) is 28.9 Å². The molecule has 0 saturated carbocycles. The number of carbonyl (C=O) groups excluding carboxylic acids is 1. The van der Waals surface area contributed by atoms with Gasteiger partial charge >= 0.3 is 6.18 Å². The largest absolute Gasteiger partial charge is 0.416 e. The van der Waals surface area contributed by atoms with Gasteiger partial charge < -0.3 is 4.42 Å². The minimum Gasteiger partial charge on any atom is -0.411 e. The number of alkyl halides is 3. The maximum atomic E-state index is 13.2. The fraction of sp³-hybridized carbons (Fsp3) is 0.0833. The highest BCUT2D eigenvalue weighted by Gasteiger charge is 2.31. The van der Waals surface area contributed by atoms with Gasteiger partial charge in [-0.15, -0.1) is 10.2 Å². The van der Waals surface area contributed by atoms with Crippen LogP contribution in [-0.4, -0.2) is 28.1 Å². The first-order valence-corrected chi connectivity index (χ1v) is 11.5. The molecular weight excluding hydrogens is 501 g/mol. The van der Waals surface area contributed by atoms with Crippen molar-refractivity contribution in [2.24, 2.45) is 5.10 Å². The molecule has 0 bridgehead atoms. The number of nitrogens with zero attached hydrogens (tertiary/aromatic N) is 4. The summed E-state index contributed by atoms with van der Waals surface area (Å²) >= 11 is 6.83. The molecule has 0 spiro atoms. The van der Waals surface area contributed by atoms with Crippen molar-refractivity contribution in [3.8, 4) is 11.5 Å². The maximum Gasteiger partial charge on any atom is 0.416 e. The Balaban J connectivity index is 1.54. The van der Waals surface area contributed by atoms with E-state index in [2.05, 4.69) is 15.3 Å². The summed E-state index contributed by atoms with van der Waals surface area (Å²) in [6, 6.07) is 20.1. The van der Waals surface area contributed by atoms with Crippen LogP contribution >= 0.6 is 23.4 Å². The van der Waals surface area contributed by atoms with Crippen LogP contribution in [0.3, 0.4) is 0 Å². The molecule has 6 nitrogen and oxygen atoms in total. The zero-order valence-corrected chi connectivity index (χ0v) is 19.4. The number of aromatic nitrogens is 2. The summed E-state index contributed by atoms with van der Waals surface area (Å²) in [7, 11) is 0. The van der Waals surface area contributed by atoms with Crippen molar-refractivity contribution >= 4 is 41.2 Å². The van der Waals surface area contributed by atoms with Crippen molar-refractivity contribution in [2.45, 2.75) is 11.4 Å². The van der Waals surface area contributed by atoms with Crippen LogP contribution in [0.5, 0.6) is 0 Å². The van der Waals surface area contributed by atoms with Gasteiger partial charge in [-0.05, 0) is 48.0 Å². The number of thioether (sulfide) groups is 1. The summed E-state index contributed by atoms with van der Waals surface area (Å²) in [5.74, 6) is -0.536. The van der Waals surface area contributed by atoms with Crippen molar-refractivity contribution in [3.63, 3.8) is 0 Å². The predicted molar refractivity (Wildman–Crippen MR) is 128 cm³/mol. The van der Waals surface area contributed by atoms with Gasteiger partial charge in [-0.3, -0.25) is 4.79 Å². The molecule has 3 aromatic carbocycles. The van der Waals surface area contributed by atoms with E-state index in [1.807, 2.05) is 6.07 Å². The molecule has 11 heteroatoms. The van der Waals surface area contributed by atoms with Gasteiger partial charge in [0.25, 0.3) is 11.1 Å². The summed E-state index contributed by atoms with van der Waals surface area (Å²) in [6.07, 6.45) is -3.17. The lowest BCUT2D eigenvalue weighted by Gasteiger charge is -2.18. The van der Waals surface area contributed by atoms with Crippen LogP contribution in [0.15, 0.2) is 93.6 Å². The highest BCUT2D eigenvalue weighted by molar-refractivity contribution is 7.99. The molecule has 1 aromatic heterocycles. The summed E-state index contributed by atoms with van der Waals surface area (Å²) in [5.41, 5.74) is 0.414. The van der Waals surface area contributed by atoms with Crippen molar-refractivity contribution in [1.82, 2.24) is 10.2 Å². The molecule has 35 heavy (non-hydrogen) atoms. The second-order valence-corrected chi connectivity index (χ2v) is 8.44. The zero-order valence-electron chi connectivity index (χ0n) is 17.8. The minimum atomic E-state index is -4.57. The van der Waals surface area contributed by atoms with E-state index in [1.165, 1.54) is 18.3 Å². The molecule has 178 valence electrons. The number of hydrogen-bond donors (Lipinski definition) is 0. The second kappa shape index (κ2) is 10.7. The number of hydrogen-bond acceptors (Lipinski definition) is 6. The number of carbonyl (C=O) groups is 1. The molecule has 4 aromatic rings. The Morgan fingerprint density at radius 2 is 1.77 bits per heavy atom. The first-order valence-electron chi connectivity index (χ1n) is 10.1. The number of benzene rings is 3. The van der Waals surface area contributed by atoms with Crippen molar-refractivity contribution in [3.05, 3.63) is 95.0 Å². The Morgan fingerprint density at radius 1 is 1.03 bits per heavy atom. The maximum absolute atomic E-state index is 13.2. The lowest BCUT2D eigenvalue weighted by molar-refractivity contribution is -0.137. The van der Waals surface area contributed by atoms with Crippen LogP contribution in [0.2, 0.25) is 5.02 Å². The standard InChI is InChI=1S/C24H16ClF3N4O2S/c25-19-11-9-17(10-12-19)22-30-31-23(34-22)35-15-21(33)32(29-14-16-5-2-1-3-6-16)20-8-4-7-18(13-20)24(26,27)28/h1-14H,15H2/b29-14+. The van der Waals surface area contributed by atoms with E-state index in [4.69, 9.17) is 16.0 Å². The molecule has 0 unspecified atom stereocenters. The van der Waals surface area contributed by atoms with Crippen molar-refractivity contribution in [1.29, 1.82) is 0 Å². The lowest BCUT2D eigenvalue weighted by Crippen LogP contribution is -2.27. The molecule has 0 N–H and O–H groups in total. The molecule has 0 aliphatic carbocycles. The molecule has 0 radical (unpaired) electrons. The molecule has 0 aliphatic rings. The van der Waals surface area contributed by atoms with Crippen LogP contribution < -0.4 is 5.01 Å². The normalized spacial score (nSPS) is 11.7. The Kier molecular flexibility index (Phi) is 7.52. The van der Waals surface area contributed by atoms with E-state index < -0.39 is 17.6 Å². The monoisotopic (exact) mass is 516 g/mol. The van der Waals surface area contributed by atoms with Gasteiger partial charge in [-0.1, -0.05) is 59.8 Å². The topological polar surface area (TPSA) is 71.6 Å². The smallest absolute Gasteiger partial charge is 0.411 e. The van der Waals surface area contributed by atoms with Crippen LogP contribution in [-0.2, 0) is 11.0 Å².